The summed E-state index contributed by atoms with van der Waals surface area (Å²) >= 11 is 5.64. The second kappa shape index (κ2) is 8.57. The fraction of sp³-hybridized carbons (Fsp3) is 0.500. The van der Waals surface area contributed by atoms with Crippen molar-refractivity contribution in [3.8, 4) is 5.75 Å². The van der Waals surface area contributed by atoms with Gasteiger partial charge >= 0.3 is 0 Å². The summed E-state index contributed by atoms with van der Waals surface area (Å²) in [6, 6.07) is 3.90. The van der Waals surface area contributed by atoms with E-state index in [0.29, 0.717) is 25.7 Å². The van der Waals surface area contributed by atoms with Crippen molar-refractivity contribution >= 4 is 23.4 Å². The van der Waals surface area contributed by atoms with E-state index in [1.807, 2.05) is 0 Å². The minimum atomic E-state index is -0.923. The minimum absolute atomic E-state index is 0.0408. The number of rotatable bonds is 6. The van der Waals surface area contributed by atoms with E-state index >= 15 is 0 Å². The van der Waals surface area contributed by atoms with Gasteiger partial charge in [0.15, 0.2) is 18.1 Å². The van der Waals surface area contributed by atoms with Crippen LogP contribution < -0.4 is 15.4 Å². The van der Waals surface area contributed by atoms with Gasteiger partial charge < -0.3 is 20.5 Å². The number of aliphatic hydroxyl groups excluding tert-OH is 1. The van der Waals surface area contributed by atoms with Crippen LogP contribution >= 0.6 is 11.6 Å². The van der Waals surface area contributed by atoms with Crippen molar-refractivity contribution in [1.82, 2.24) is 20.4 Å². The molecule has 3 saturated carbocycles. The second-order valence-corrected chi connectivity index (χ2v) is 9.30. The van der Waals surface area contributed by atoms with E-state index in [2.05, 4.69) is 15.7 Å². The van der Waals surface area contributed by atoms with Crippen molar-refractivity contribution in [2.24, 2.45) is 7.05 Å². The Kier molecular flexibility index (Phi) is 6.09. The fourth-order valence-electron chi connectivity index (χ4n) is 4.87. The number of hydrogen-bond acceptors (Lipinski definition) is 5. The average molecular weight is 483 g/mol. The zero-order valence-corrected chi connectivity index (χ0v) is 19.0. The topological polar surface area (TPSA) is 105 Å². The summed E-state index contributed by atoms with van der Waals surface area (Å²) in [4.78, 5) is 25.3. The minimum Gasteiger partial charge on any atom is -0.484 e. The predicted octanol–water partition coefficient (Wildman–Crippen LogP) is 2.40. The lowest BCUT2D eigenvalue weighted by Gasteiger charge is -2.56. The van der Waals surface area contributed by atoms with Gasteiger partial charge in [-0.05, 0) is 51.2 Å². The van der Waals surface area contributed by atoms with Crippen LogP contribution in [0.5, 0.6) is 5.75 Å². The first-order valence-corrected chi connectivity index (χ1v) is 11.0. The molecule has 2 aromatic rings. The quantitative estimate of drug-likeness (QED) is 0.586. The van der Waals surface area contributed by atoms with Crippen LogP contribution in [-0.2, 0) is 11.8 Å². The Morgan fingerprint density at radius 2 is 1.97 bits per heavy atom. The van der Waals surface area contributed by atoms with Gasteiger partial charge in [0.2, 0.25) is 0 Å². The van der Waals surface area contributed by atoms with Crippen molar-refractivity contribution in [2.45, 2.75) is 56.2 Å². The fourth-order valence-corrected chi connectivity index (χ4v) is 4.99. The van der Waals surface area contributed by atoms with E-state index in [-0.39, 0.29) is 35.2 Å². The molecule has 5 rings (SSSR count). The number of amides is 2. The number of fused-ring (bicyclic) bond motifs is 3. The molecule has 1 atom stereocenters. The number of halogens is 3. The lowest BCUT2D eigenvalue weighted by Crippen LogP contribution is -2.70. The number of nitrogens with one attached hydrogen (secondary N) is 2. The molecule has 0 unspecified atom stereocenters. The predicted molar refractivity (Wildman–Crippen MR) is 115 cm³/mol. The van der Waals surface area contributed by atoms with Crippen molar-refractivity contribution < 1.29 is 28.2 Å². The number of aromatic nitrogens is 2. The first kappa shape index (κ1) is 23.4. The van der Waals surface area contributed by atoms with Crippen LogP contribution in [0.3, 0.4) is 0 Å². The first-order valence-electron chi connectivity index (χ1n) is 10.6. The number of carbonyl (C=O) groups excluding carboxylic acids is 2. The van der Waals surface area contributed by atoms with Gasteiger partial charge in [-0.25, -0.2) is 8.78 Å². The zero-order chi connectivity index (χ0) is 24.0. The Morgan fingerprint density at radius 3 is 2.55 bits per heavy atom. The van der Waals surface area contributed by atoms with Crippen LogP contribution in [0.15, 0.2) is 18.2 Å². The molecule has 1 heterocycles. The Hall–Kier alpha value is -2.72. The van der Waals surface area contributed by atoms with E-state index in [0.717, 1.165) is 6.07 Å². The molecule has 3 N–H and O–H groups in total. The van der Waals surface area contributed by atoms with Crippen LogP contribution in [0.4, 0.5) is 8.78 Å². The Bertz CT molecular complexity index is 1100. The monoisotopic (exact) mass is 482 g/mol. The highest BCUT2D eigenvalue weighted by Crippen LogP contribution is 2.47. The lowest BCUT2D eigenvalue weighted by molar-refractivity contribution is -0.129. The van der Waals surface area contributed by atoms with Gasteiger partial charge in [-0.3, -0.25) is 14.3 Å². The SMILES string of the molecule is Cc1nn(C)c(C(=O)NC23CCC(NC(=O)COc4ccc(Cl)c(F)c4)(CC2)C[C@H]3O)c1F. The summed E-state index contributed by atoms with van der Waals surface area (Å²) < 4.78 is 34.4. The molecule has 178 valence electrons. The highest BCUT2D eigenvalue weighted by atomic mass is 35.5. The van der Waals surface area contributed by atoms with Crippen LogP contribution in [-0.4, -0.2) is 50.5 Å². The van der Waals surface area contributed by atoms with Crippen LogP contribution in [0, 0.1) is 18.6 Å². The van der Waals surface area contributed by atoms with Crippen LogP contribution in [0.2, 0.25) is 5.02 Å². The number of benzene rings is 1. The molecule has 3 fully saturated rings. The van der Waals surface area contributed by atoms with Gasteiger partial charge in [-0.1, -0.05) is 11.6 Å². The van der Waals surface area contributed by atoms with Gasteiger partial charge in [0.05, 0.1) is 22.4 Å². The summed E-state index contributed by atoms with van der Waals surface area (Å²) in [6.45, 7) is 1.16. The van der Waals surface area contributed by atoms with Crippen LogP contribution in [0.1, 0.15) is 48.3 Å². The molecule has 2 amide bonds. The third-order valence-corrected chi connectivity index (χ3v) is 7.02. The normalized spacial score (nSPS) is 26.2. The van der Waals surface area contributed by atoms with Crippen molar-refractivity contribution in [1.29, 1.82) is 0 Å². The number of hydrogen-bond donors (Lipinski definition) is 3. The molecule has 0 spiro atoms. The molecular formula is C22H25ClF2N4O4. The molecule has 3 aliphatic carbocycles. The number of carbonyl (C=O) groups is 2. The van der Waals surface area contributed by atoms with Gasteiger partial charge in [0.1, 0.15) is 11.6 Å². The maximum atomic E-state index is 14.3. The maximum absolute atomic E-state index is 14.3. The van der Waals surface area contributed by atoms with Crippen molar-refractivity contribution in [3.63, 3.8) is 0 Å². The smallest absolute Gasteiger partial charge is 0.273 e. The van der Waals surface area contributed by atoms with Gasteiger partial charge in [-0.15, -0.1) is 0 Å². The Morgan fingerprint density at radius 1 is 1.27 bits per heavy atom. The Balaban J connectivity index is 1.37. The molecular weight excluding hydrogens is 458 g/mol. The summed E-state index contributed by atoms with van der Waals surface area (Å²) in [6.07, 6.45) is 1.20. The number of aryl methyl sites for hydroxylation is 2. The van der Waals surface area contributed by atoms with Crippen LogP contribution in [0.25, 0.3) is 0 Å². The molecule has 0 saturated heterocycles. The van der Waals surface area contributed by atoms with Gasteiger partial charge in [0, 0.05) is 18.7 Å². The van der Waals surface area contributed by atoms with E-state index in [9.17, 15) is 23.5 Å². The maximum Gasteiger partial charge on any atom is 0.273 e. The van der Waals surface area contributed by atoms with E-state index in [1.54, 1.807) is 0 Å². The molecule has 33 heavy (non-hydrogen) atoms. The van der Waals surface area contributed by atoms with E-state index in [4.69, 9.17) is 16.3 Å². The largest absolute Gasteiger partial charge is 0.484 e. The highest BCUT2D eigenvalue weighted by Gasteiger charge is 2.55. The Labute approximate surface area is 194 Å². The molecule has 1 aromatic carbocycles. The molecule has 3 aliphatic rings. The average Bonchev–Trinajstić information content (AvgIpc) is 3.01. The van der Waals surface area contributed by atoms with Gasteiger partial charge in [-0.2, -0.15) is 5.10 Å². The highest BCUT2D eigenvalue weighted by molar-refractivity contribution is 6.30. The molecule has 2 bridgehead atoms. The van der Waals surface area contributed by atoms with Gasteiger partial charge in [0.25, 0.3) is 11.8 Å². The molecule has 11 heteroatoms. The number of nitrogens with zero attached hydrogens (tertiary/aromatic N) is 2. The summed E-state index contributed by atoms with van der Waals surface area (Å²) in [7, 11) is 1.49. The lowest BCUT2D eigenvalue weighted by atomic mass is 9.60. The van der Waals surface area contributed by atoms with Crippen molar-refractivity contribution in [2.75, 3.05) is 6.61 Å². The number of aliphatic hydroxyl groups is 1. The number of ether oxygens (including phenoxy) is 1. The summed E-state index contributed by atoms with van der Waals surface area (Å²) in [5, 5.41) is 20.5. The molecule has 0 aliphatic heterocycles. The van der Waals surface area contributed by atoms with E-state index in [1.165, 1.54) is 30.8 Å². The second-order valence-electron chi connectivity index (χ2n) is 8.89. The third kappa shape index (κ3) is 4.41. The third-order valence-electron chi connectivity index (χ3n) is 6.71. The summed E-state index contributed by atoms with van der Waals surface area (Å²) in [5.41, 5.74) is -1.59. The molecule has 0 radical (unpaired) electrons. The van der Waals surface area contributed by atoms with Crippen molar-refractivity contribution in [3.05, 3.63) is 46.2 Å². The summed E-state index contributed by atoms with van der Waals surface area (Å²) in [5.74, 6) is -2.18. The molecule has 8 nitrogen and oxygen atoms in total. The van der Waals surface area contributed by atoms with E-state index < -0.39 is 40.6 Å². The zero-order valence-electron chi connectivity index (χ0n) is 18.3. The standard InChI is InChI=1S/C22H25ClF2N4O4/c1-12-18(25)19(29(2)28-12)20(32)27-22-7-5-21(6-8-22,10-16(22)30)26-17(31)11-33-13-3-4-14(23)15(24)9-13/h3-4,9,16,30H,5-8,10-11H2,1-2H3,(H,26,31)(H,27,32)/t16-,21?,22?/m1/s1. The first-order chi connectivity index (χ1) is 15.5. The molecule has 1 aromatic heterocycles.